The molecule has 0 radical (unpaired) electrons. The summed E-state index contributed by atoms with van der Waals surface area (Å²) in [5, 5.41) is 0. The van der Waals surface area contributed by atoms with Crippen molar-refractivity contribution in [3.8, 4) is 0 Å². The highest BCUT2D eigenvalue weighted by Crippen LogP contribution is 2.27. The van der Waals surface area contributed by atoms with Crippen LogP contribution in [0.25, 0.3) is 0 Å². The fourth-order valence-electron chi connectivity index (χ4n) is 3.09. The largest absolute Gasteiger partial charge is 0.312 e. The van der Waals surface area contributed by atoms with E-state index in [-0.39, 0.29) is 10.8 Å². The van der Waals surface area contributed by atoms with Gasteiger partial charge in [-0.2, -0.15) is 0 Å². The molecule has 1 amide bonds. The summed E-state index contributed by atoms with van der Waals surface area (Å²) >= 11 is 0. The molecule has 1 saturated heterocycles. The first kappa shape index (κ1) is 17.5. The molecule has 1 heterocycles. The van der Waals surface area contributed by atoms with E-state index >= 15 is 0 Å². The minimum absolute atomic E-state index is 0.0741. The van der Waals surface area contributed by atoms with Crippen molar-refractivity contribution in [3.05, 3.63) is 53.1 Å². The summed E-state index contributed by atoms with van der Waals surface area (Å²) in [5.41, 5.74) is 3.88. The second kappa shape index (κ2) is 6.52. The number of carbonyl (C=O) groups excluding carboxylic acids is 1. The Kier molecular flexibility index (Phi) is 4.56. The van der Waals surface area contributed by atoms with Gasteiger partial charge in [0.25, 0.3) is 10.0 Å². The summed E-state index contributed by atoms with van der Waals surface area (Å²) in [6.45, 7) is 6.32. The van der Waals surface area contributed by atoms with Crippen molar-refractivity contribution in [2.45, 2.75) is 38.5 Å². The van der Waals surface area contributed by atoms with Crippen LogP contribution in [0.1, 0.15) is 29.5 Å². The van der Waals surface area contributed by atoms with Crippen LogP contribution in [0.2, 0.25) is 0 Å². The summed E-state index contributed by atoms with van der Waals surface area (Å²) < 4.78 is 28.2. The van der Waals surface area contributed by atoms with E-state index in [0.717, 1.165) is 23.2 Å². The van der Waals surface area contributed by atoms with E-state index < -0.39 is 10.0 Å². The van der Waals surface area contributed by atoms with Gasteiger partial charge in [0.2, 0.25) is 5.91 Å². The lowest BCUT2D eigenvalue weighted by molar-refractivity contribution is -0.117. The van der Waals surface area contributed by atoms with Crippen molar-refractivity contribution in [1.29, 1.82) is 0 Å². The number of amides is 1. The number of nitrogens with one attached hydrogen (secondary N) is 1. The predicted molar refractivity (Wildman–Crippen MR) is 99.5 cm³/mol. The smallest absolute Gasteiger partial charge is 0.262 e. The highest BCUT2D eigenvalue weighted by molar-refractivity contribution is 7.92. The van der Waals surface area contributed by atoms with E-state index in [1.54, 1.807) is 36.1 Å². The number of rotatable bonds is 4. The van der Waals surface area contributed by atoms with Gasteiger partial charge in [-0.3, -0.25) is 9.52 Å². The van der Waals surface area contributed by atoms with Gasteiger partial charge in [0.1, 0.15) is 0 Å². The van der Waals surface area contributed by atoms with Crippen LogP contribution >= 0.6 is 0 Å². The quantitative estimate of drug-likeness (QED) is 0.909. The standard InChI is InChI=1S/C19H22N2O3S/c1-13-10-15(3)18(11-14(13)2)25(23,24)20-16-6-4-7-17(12-16)21-9-5-8-19(21)22/h4,6-7,10-12,20H,5,8-9H2,1-3H3. The molecule has 132 valence electrons. The SMILES string of the molecule is Cc1cc(C)c(S(=O)(=O)Nc2cccc(N3CCCC3=O)c2)cc1C. The molecule has 3 rings (SSSR count). The zero-order valence-electron chi connectivity index (χ0n) is 14.7. The van der Waals surface area contributed by atoms with Crippen molar-refractivity contribution in [2.75, 3.05) is 16.2 Å². The summed E-state index contributed by atoms with van der Waals surface area (Å²) in [5.74, 6) is 0.0741. The first-order chi connectivity index (χ1) is 11.8. The van der Waals surface area contributed by atoms with Crippen LogP contribution in [0, 0.1) is 20.8 Å². The molecular weight excluding hydrogens is 336 g/mol. The maximum Gasteiger partial charge on any atom is 0.262 e. The number of hydrogen-bond acceptors (Lipinski definition) is 3. The molecule has 2 aromatic rings. The third-order valence-electron chi connectivity index (χ3n) is 4.56. The first-order valence-corrected chi connectivity index (χ1v) is 9.77. The van der Waals surface area contributed by atoms with E-state index in [0.29, 0.717) is 24.2 Å². The number of anilines is 2. The molecular formula is C19H22N2O3S. The fraction of sp³-hybridized carbons (Fsp3) is 0.316. The van der Waals surface area contributed by atoms with Crippen LogP contribution in [-0.2, 0) is 14.8 Å². The van der Waals surface area contributed by atoms with Gasteiger partial charge < -0.3 is 4.90 Å². The van der Waals surface area contributed by atoms with Crippen LogP contribution in [0.3, 0.4) is 0 Å². The molecule has 25 heavy (non-hydrogen) atoms. The summed E-state index contributed by atoms with van der Waals surface area (Å²) in [6.07, 6.45) is 1.37. The van der Waals surface area contributed by atoms with Gasteiger partial charge in [-0.25, -0.2) is 8.42 Å². The zero-order chi connectivity index (χ0) is 18.2. The van der Waals surface area contributed by atoms with Crippen molar-refractivity contribution in [1.82, 2.24) is 0 Å². The fourth-order valence-corrected chi connectivity index (χ4v) is 4.45. The lowest BCUT2D eigenvalue weighted by Crippen LogP contribution is -2.23. The topological polar surface area (TPSA) is 66.5 Å². The highest BCUT2D eigenvalue weighted by atomic mass is 32.2. The summed E-state index contributed by atoms with van der Waals surface area (Å²) in [4.78, 5) is 13.9. The van der Waals surface area contributed by atoms with Crippen molar-refractivity contribution in [2.24, 2.45) is 0 Å². The Hall–Kier alpha value is -2.34. The van der Waals surface area contributed by atoms with Gasteiger partial charge in [-0.15, -0.1) is 0 Å². The van der Waals surface area contributed by atoms with Gasteiger partial charge >= 0.3 is 0 Å². The van der Waals surface area contributed by atoms with Crippen LogP contribution < -0.4 is 9.62 Å². The highest BCUT2D eigenvalue weighted by Gasteiger charge is 2.23. The Bertz CT molecular complexity index is 936. The summed E-state index contributed by atoms with van der Waals surface area (Å²) in [6, 6.07) is 10.5. The normalized spacial score (nSPS) is 14.8. The Balaban J connectivity index is 1.91. The second-order valence-corrected chi connectivity index (χ2v) is 8.16. The Morgan fingerprint density at radius 1 is 1.00 bits per heavy atom. The van der Waals surface area contributed by atoms with E-state index in [9.17, 15) is 13.2 Å². The maximum atomic E-state index is 12.8. The van der Waals surface area contributed by atoms with Crippen molar-refractivity contribution >= 4 is 27.3 Å². The van der Waals surface area contributed by atoms with Crippen LogP contribution in [-0.4, -0.2) is 20.9 Å². The molecule has 0 aromatic heterocycles. The summed E-state index contributed by atoms with van der Waals surface area (Å²) in [7, 11) is -3.69. The molecule has 1 fully saturated rings. The van der Waals surface area contributed by atoms with Gasteiger partial charge in [0, 0.05) is 18.7 Å². The average molecular weight is 358 g/mol. The lowest BCUT2D eigenvalue weighted by Gasteiger charge is -2.17. The van der Waals surface area contributed by atoms with E-state index in [2.05, 4.69) is 4.72 Å². The molecule has 6 heteroatoms. The number of aryl methyl sites for hydroxylation is 3. The predicted octanol–water partition coefficient (Wildman–Crippen LogP) is 3.54. The molecule has 0 unspecified atom stereocenters. The van der Waals surface area contributed by atoms with Crippen molar-refractivity contribution < 1.29 is 13.2 Å². The zero-order valence-corrected chi connectivity index (χ0v) is 15.5. The van der Waals surface area contributed by atoms with E-state index in [1.807, 2.05) is 26.0 Å². The monoisotopic (exact) mass is 358 g/mol. The molecule has 0 spiro atoms. The molecule has 2 aromatic carbocycles. The molecule has 1 aliphatic heterocycles. The Morgan fingerprint density at radius 3 is 2.40 bits per heavy atom. The number of nitrogens with zero attached hydrogens (tertiary/aromatic N) is 1. The maximum absolute atomic E-state index is 12.8. The van der Waals surface area contributed by atoms with Crippen LogP contribution in [0.4, 0.5) is 11.4 Å². The van der Waals surface area contributed by atoms with Gasteiger partial charge in [-0.1, -0.05) is 12.1 Å². The number of hydrogen-bond donors (Lipinski definition) is 1. The van der Waals surface area contributed by atoms with E-state index in [1.165, 1.54) is 0 Å². The lowest BCUT2D eigenvalue weighted by atomic mass is 10.1. The van der Waals surface area contributed by atoms with Crippen LogP contribution in [0.15, 0.2) is 41.3 Å². The van der Waals surface area contributed by atoms with Crippen molar-refractivity contribution in [3.63, 3.8) is 0 Å². The average Bonchev–Trinajstić information content (AvgIpc) is 2.96. The molecule has 0 saturated carbocycles. The molecule has 0 aliphatic carbocycles. The van der Waals surface area contributed by atoms with Crippen LogP contribution in [0.5, 0.6) is 0 Å². The Morgan fingerprint density at radius 2 is 1.72 bits per heavy atom. The Labute approximate surface area is 148 Å². The van der Waals surface area contributed by atoms with Gasteiger partial charge in [0.05, 0.1) is 10.6 Å². The second-order valence-electron chi connectivity index (χ2n) is 6.51. The molecule has 5 nitrogen and oxygen atoms in total. The van der Waals surface area contributed by atoms with E-state index in [4.69, 9.17) is 0 Å². The third kappa shape index (κ3) is 3.54. The first-order valence-electron chi connectivity index (χ1n) is 8.29. The molecule has 1 aliphatic rings. The van der Waals surface area contributed by atoms with Gasteiger partial charge in [-0.05, 0) is 68.1 Å². The minimum Gasteiger partial charge on any atom is -0.312 e. The molecule has 0 bridgehead atoms. The number of carbonyl (C=O) groups is 1. The molecule has 1 N–H and O–H groups in total. The third-order valence-corrected chi connectivity index (χ3v) is 6.09. The number of benzene rings is 2. The molecule has 0 atom stereocenters. The van der Waals surface area contributed by atoms with Gasteiger partial charge in [0.15, 0.2) is 0 Å². The minimum atomic E-state index is -3.69. The number of sulfonamides is 1.